The van der Waals surface area contributed by atoms with Gasteiger partial charge in [0.25, 0.3) is 5.91 Å². The first-order valence-corrected chi connectivity index (χ1v) is 10.6. The summed E-state index contributed by atoms with van der Waals surface area (Å²) >= 11 is 0. The summed E-state index contributed by atoms with van der Waals surface area (Å²) in [4.78, 5) is 28.1. The molecule has 32 heavy (non-hydrogen) atoms. The molecule has 2 N–H and O–H groups in total. The number of nitrogens with one attached hydrogen (secondary N) is 2. The summed E-state index contributed by atoms with van der Waals surface area (Å²) in [6.45, 7) is 3.75. The van der Waals surface area contributed by atoms with Crippen LogP contribution < -0.4 is 10.2 Å². The van der Waals surface area contributed by atoms with Gasteiger partial charge >= 0.3 is 6.03 Å². The highest BCUT2D eigenvalue weighted by molar-refractivity contribution is 5.97. The molecule has 4 rings (SSSR count). The van der Waals surface area contributed by atoms with E-state index in [0.29, 0.717) is 30.9 Å². The minimum absolute atomic E-state index is 0.0596. The van der Waals surface area contributed by atoms with Crippen LogP contribution in [0.25, 0.3) is 11.3 Å². The molecule has 0 spiro atoms. The number of aromatic amines is 1. The Bertz CT molecular complexity index is 1140. The molecule has 3 amide bonds. The van der Waals surface area contributed by atoms with Crippen molar-refractivity contribution in [2.24, 2.45) is 0 Å². The lowest BCUT2D eigenvalue weighted by Crippen LogP contribution is -2.29. The number of carbonyl (C=O) groups is 2. The topological polar surface area (TPSA) is 81.3 Å². The summed E-state index contributed by atoms with van der Waals surface area (Å²) in [5, 5.41) is 10.0. The van der Waals surface area contributed by atoms with Crippen LogP contribution in [0.3, 0.4) is 0 Å². The van der Waals surface area contributed by atoms with Crippen molar-refractivity contribution in [1.82, 2.24) is 20.4 Å². The van der Waals surface area contributed by atoms with Crippen molar-refractivity contribution in [3.63, 3.8) is 0 Å². The molecule has 0 saturated carbocycles. The van der Waals surface area contributed by atoms with Gasteiger partial charge < -0.3 is 10.2 Å². The van der Waals surface area contributed by atoms with Crippen molar-refractivity contribution in [3.05, 3.63) is 71.2 Å². The number of hydrogen-bond donors (Lipinski definition) is 2. The van der Waals surface area contributed by atoms with Crippen molar-refractivity contribution in [3.8, 4) is 11.3 Å². The van der Waals surface area contributed by atoms with Crippen LogP contribution >= 0.6 is 0 Å². The molecule has 3 aromatic rings. The average molecular weight is 436 g/mol. The van der Waals surface area contributed by atoms with Crippen molar-refractivity contribution in [1.29, 1.82) is 0 Å². The number of benzene rings is 2. The number of anilines is 1. The second-order valence-electron chi connectivity index (χ2n) is 8.00. The number of carbonyl (C=O) groups excluding carboxylic acids is 2. The fourth-order valence-electron chi connectivity index (χ4n) is 3.91. The minimum atomic E-state index is -0.292. The van der Waals surface area contributed by atoms with Gasteiger partial charge in [-0.3, -0.25) is 14.8 Å². The fourth-order valence-corrected chi connectivity index (χ4v) is 3.91. The molecule has 1 aliphatic rings. The van der Waals surface area contributed by atoms with Crippen molar-refractivity contribution in [2.75, 3.05) is 31.6 Å². The van der Waals surface area contributed by atoms with Crippen LogP contribution in [0.15, 0.2) is 48.5 Å². The zero-order chi connectivity index (χ0) is 22.7. The number of rotatable bonds is 7. The maximum Gasteiger partial charge on any atom is 0.322 e. The highest BCUT2D eigenvalue weighted by Gasteiger charge is 2.23. The summed E-state index contributed by atoms with van der Waals surface area (Å²) in [5.41, 5.74) is 4.69. The Morgan fingerprint density at radius 3 is 2.78 bits per heavy atom. The van der Waals surface area contributed by atoms with Gasteiger partial charge in [0.05, 0.1) is 5.69 Å². The van der Waals surface area contributed by atoms with Crippen LogP contribution in [0.5, 0.6) is 0 Å². The van der Waals surface area contributed by atoms with E-state index in [9.17, 15) is 14.0 Å². The summed E-state index contributed by atoms with van der Waals surface area (Å²) < 4.78 is 13.4. The predicted octanol–water partition coefficient (Wildman–Crippen LogP) is 3.76. The molecule has 1 fully saturated rings. The van der Waals surface area contributed by atoms with Crippen molar-refractivity contribution >= 4 is 17.6 Å². The van der Waals surface area contributed by atoms with Crippen molar-refractivity contribution < 1.29 is 14.0 Å². The Balaban J connectivity index is 1.32. The molecule has 0 unspecified atom stereocenters. The molecule has 8 heteroatoms. The Hall–Kier alpha value is -3.68. The SMILES string of the molecule is Cc1cc(C(=O)N(C)CCCc2cc(-c3cccc(F)c3)n[nH]2)ccc1N1CCNC1=O. The van der Waals surface area contributed by atoms with Gasteiger partial charge in [0.2, 0.25) is 0 Å². The van der Waals surface area contributed by atoms with E-state index in [-0.39, 0.29) is 17.8 Å². The maximum atomic E-state index is 13.4. The second kappa shape index (κ2) is 9.21. The fraction of sp³-hybridized carbons (Fsp3) is 0.292. The normalized spacial score (nSPS) is 13.3. The predicted molar refractivity (Wildman–Crippen MR) is 121 cm³/mol. The molecule has 7 nitrogen and oxygen atoms in total. The quantitative estimate of drug-likeness (QED) is 0.593. The van der Waals surface area contributed by atoms with Gasteiger partial charge in [-0.05, 0) is 61.7 Å². The van der Waals surface area contributed by atoms with E-state index in [4.69, 9.17) is 0 Å². The molecular formula is C24H26FN5O2. The minimum Gasteiger partial charge on any atom is -0.342 e. The largest absolute Gasteiger partial charge is 0.342 e. The molecule has 1 aromatic heterocycles. The van der Waals surface area contributed by atoms with Gasteiger partial charge in [-0.1, -0.05) is 12.1 Å². The lowest BCUT2D eigenvalue weighted by molar-refractivity contribution is 0.0793. The summed E-state index contributed by atoms with van der Waals surface area (Å²) in [6.07, 6.45) is 1.49. The zero-order valence-corrected chi connectivity index (χ0v) is 18.2. The molecule has 0 aliphatic carbocycles. The second-order valence-corrected chi connectivity index (χ2v) is 8.00. The molecule has 0 bridgehead atoms. The van der Waals surface area contributed by atoms with E-state index in [2.05, 4.69) is 15.5 Å². The lowest BCUT2D eigenvalue weighted by Gasteiger charge is -2.20. The molecular weight excluding hydrogens is 409 g/mol. The van der Waals surface area contributed by atoms with Gasteiger partial charge in [0, 0.05) is 49.2 Å². The van der Waals surface area contributed by atoms with E-state index in [1.54, 1.807) is 29.0 Å². The first-order chi connectivity index (χ1) is 15.4. The van der Waals surface area contributed by atoms with Crippen molar-refractivity contribution in [2.45, 2.75) is 19.8 Å². The van der Waals surface area contributed by atoms with E-state index >= 15 is 0 Å². The summed E-state index contributed by atoms with van der Waals surface area (Å²) in [7, 11) is 1.78. The highest BCUT2D eigenvalue weighted by Crippen LogP contribution is 2.23. The summed E-state index contributed by atoms with van der Waals surface area (Å²) in [5.74, 6) is -0.352. The third-order valence-electron chi connectivity index (χ3n) is 5.63. The van der Waals surface area contributed by atoms with E-state index in [1.165, 1.54) is 12.1 Å². The van der Waals surface area contributed by atoms with E-state index in [0.717, 1.165) is 35.3 Å². The zero-order valence-electron chi connectivity index (χ0n) is 18.2. The molecule has 166 valence electrons. The van der Waals surface area contributed by atoms with Gasteiger partial charge in [0.1, 0.15) is 5.82 Å². The molecule has 1 saturated heterocycles. The lowest BCUT2D eigenvalue weighted by atomic mass is 10.1. The number of amides is 3. The summed E-state index contributed by atoms with van der Waals surface area (Å²) in [6, 6.07) is 13.6. The third-order valence-corrected chi connectivity index (χ3v) is 5.63. The number of H-pyrrole nitrogens is 1. The van der Waals surface area contributed by atoms with E-state index < -0.39 is 0 Å². The number of aryl methyl sites for hydroxylation is 2. The number of aromatic nitrogens is 2. The van der Waals surface area contributed by atoms with Gasteiger partial charge in [-0.25, -0.2) is 9.18 Å². The Kier molecular flexibility index (Phi) is 6.20. The maximum absolute atomic E-state index is 13.4. The molecule has 0 atom stereocenters. The molecule has 0 radical (unpaired) electrons. The van der Waals surface area contributed by atoms with Crippen LogP contribution in [0, 0.1) is 12.7 Å². The Morgan fingerprint density at radius 1 is 1.22 bits per heavy atom. The van der Waals surface area contributed by atoms with Crippen LogP contribution in [0.4, 0.5) is 14.9 Å². The molecule has 1 aliphatic heterocycles. The van der Waals surface area contributed by atoms with Crippen LogP contribution in [-0.2, 0) is 6.42 Å². The monoisotopic (exact) mass is 435 g/mol. The molecule has 2 aromatic carbocycles. The third kappa shape index (κ3) is 4.64. The smallest absolute Gasteiger partial charge is 0.322 e. The van der Waals surface area contributed by atoms with Crippen LogP contribution in [-0.4, -0.2) is 53.7 Å². The van der Waals surface area contributed by atoms with Crippen LogP contribution in [0.2, 0.25) is 0 Å². The number of halogens is 1. The number of hydrogen-bond acceptors (Lipinski definition) is 3. The first-order valence-electron chi connectivity index (χ1n) is 10.6. The number of nitrogens with zero attached hydrogens (tertiary/aromatic N) is 3. The Labute approximate surface area is 186 Å². The van der Waals surface area contributed by atoms with Crippen LogP contribution in [0.1, 0.15) is 28.0 Å². The highest BCUT2D eigenvalue weighted by atomic mass is 19.1. The first kappa shape index (κ1) is 21.5. The van der Waals surface area contributed by atoms with Gasteiger partial charge in [-0.15, -0.1) is 0 Å². The molecule has 2 heterocycles. The Morgan fingerprint density at radius 2 is 2.06 bits per heavy atom. The van der Waals surface area contributed by atoms with Gasteiger partial charge in [0.15, 0.2) is 0 Å². The average Bonchev–Trinajstić information content (AvgIpc) is 3.42. The van der Waals surface area contributed by atoms with E-state index in [1.807, 2.05) is 31.2 Å². The van der Waals surface area contributed by atoms with Gasteiger partial charge in [-0.2, -0.15) is 5.10 Å². The standard InChI is InChI=1S/C24H26FN5O2/c1-16-13-18(8-9-22(16)30-12-10-26-24(30)32)23(31)29(2)11-4-7-20-15-21(28-27-20)17-5-3-6-19(25)14-17/h3,5-6,8-9,13-15H,4,7,10-12H2,1-2H3,(H,26,32)(H,27,28). The number of urea groups is 1.